The van der Waals surface area contributed by atoms with Crippen LogP contribution in [0.15, 0.2) is 60.7 Å². The van der Waals surface area contributed by atoms with Crippen molar-refractivity contribution >= 4 is 29.5 Å². The van der Waals surface area contributed by atoms with Crippen molar-refractivity contribution in [2.24, 2.45) is 0 Å². The highest BCUT2D eigenvalue weighted by Crippen LogP contribution is 2.39. The summed E-state index contributed by atoms with van der Waals surface area (Å²) in [5.74, 6) is -1.25. The van der Waals surface area contributed by atoms with Gasteiger partial charge >= 0.3 is 11.9 Å². The predicted octanol–water partition coefficient (Wildman–Crippen LogP) is 3.70. The third-order valence-electron chi connectivity index (χ3n) is 5.79. The van der Waals surface area contributed by atoms with Gasteiger partial charge in [-0.2, -0.15) is 0 Å². The molecule has 186 valence electrons. The van der Waals surface area contributed by atoms with Crippen LogP contribution in [-0.2, 0) is 33.3 Å². The predicted molar refractivity (Wildman–Crippen MR) is 128 cm³/mol. The molecule has 6 atom stereocenters. The standard InChI is InChI=1S/C26H28O8S/c1-16(27)13-14-20(28)32-22-21-19(15-30-25(34-21)18-11-7-4-8-12-18)31-26(35-2)23(22)33-24(29)17-9-5-3-6-10-17/h3-12,19,21-23,25-26H,13-15H2,1-2H3/t19-,21+,22+,23-,25?,26+/m1/s1. The Labute approximate surface area is 208 Å². The van der Waals surface area contributed by atoms with Crippen molar-refractivity contribution in [3.8, 4) is 0 Å². The summed E-state index contributed by atoms with van der Waals surface area (Å²) in [6, 6.07) is 18.0. The third-order valence-corrected chi connectivity index (χ3v) is 6.63. The Balaban J connectivity index is 1.60. The van der Waals surface area contributed by atoms with Crippen LogP contribution in [0.3, 0.4) is 0 Å². The number of thioether (sulfide) groups is 1. The number of hydrogen-bond donors (Lipinski definition) is 0. The summed E-state index contributed by atoms with van der Waals surface area (Å²) in [5.41, 5.74) is 0.554. The van der Waals surface area contributed by atoms with Gasteiger partial charge in [-0.15, -0.1) is 11.8 Å². The van der Waals surface area contributed by atoms with Crippen molar-refractivity contribution in [3.63, 3.8) is 0 Å². The lowest BCUT2D eigenvalue weighted by Crippen LogP contribution is -2.63. The molecule has 2 fully saturated rings. The lowest BCUT2D eigenvalue weighted by molar-refractivity contribution is -0.319. The van der Waals surface area contributed by atoms with Gasteiger partial charge in [0.15, 0.2) is 18.5 Å². The fourth-order valence-corrected chi connectivity index (χ4v) is 4.76. The number of ketones is 1. The molecule has 0 amide bonds. The van der Waals surface area contributed by atoms with Gasteiger partial charge in [-0.3, -0.25) is 4.79 Å². The third kappa shape index (κ3) is 6.29. The van der Waals surface area contributed by atoms with Crippen molar-refractivity contribution in [2.45, 2.75) is 55.9 Å². The van der Waals surface area contributed by atoms with Gasteiger partial charge in [0, 0.05) is 12.0 Å². The first kappa shape index (κ1) is 25.4. The summed E-state index contributed by atoms with van der Waals surface area (Å²) in [5, 5.41) is 0. The average molecular weight is 501 g/mol. The number of ether oxygens (including phenoxy) is 5. The molecule has 0 radical (unpaired) electrons. The molecule has 0 aliphatic carbocycles. The van der Waals surface area contributed by atoms with Crippen molar-refractivity contribution in [1.82, 2.24) is 0 Å². The van der Waals surface area contributed by atoms with Crippen molar-refractivity contribution in [1.29, 1.82) is 0 Å². The van der Waals surface area contributed by atoms with Gasteiger partial charge in [-0.25, -0.2) is 4.79 Å². The van der Waals surface area contributed by atoms with Crippen LogP contribution in [-0.4, -0.2) is 60.4 Å². The largest absolute Gasteiger partial charge is 0.455 e. The molecule has 0 N–H and O–H groups in total. The first-order chi connectivity index (χ1) is 17.0. The Kier molecular flexibility index (Phi) is 8.56. The van der Waals surface area contributed by atoms with E-state index in [-0.39, 0.29) is 25.2 Å². The van der Waals surface area contributed by atoms with Crippen LogP contribution in [0.25, 0.3) is 0 Å². The number of rotatable bonds is 8. The van der Waals surface area contributed by atoms with Gasteiger partial charge < -0.3 is 28.5 Å². The molecule has 2 aliphatic rings. The second-order valence-electron chi connectivity index (χ2n) is 8.35. The van der Waals surface area contributed by atoms with Gasteiger partial charge in [0.2, 0.25) is 0 Å². The number of esters is 2. The van der Waals surface area contributed by atoms with Crippen LogP contribution in [0.1, 0.15) is 42.0 Å². The van der Waals surface area contributed by atoms with E-state index in [1.54, 1.807) is 30.3 Å². The molecule has 2 aromatic rings. The number of carbonyl (C=O) groups is 3. The Morgan fingerprint density at radius 1 is 0.914 bits per heavy atom. The van der Waals surface area contributed by atoms with Crippen molar-refractivity contribution < 1.29 is 38.1 Å². The lowest BCUT2D eigenvalue weighted by atomic mass is 9.98. The Hall–Kier alpha value is -2.72. The zero-order valence-electron chi connectivity index (χ0n) is 19.5. The fraction of sp³-hybridized carbons (Fsp3) is 0.423. The van der Waals surface area contributed by atoms with E-state index in [1.807, 2.05) is 36.6 Å². The smallest absolute Gasteiger partial charge is 0.338 e. The van der Waals surface area contributed by atoms with Gasteiger partial charge in [-0.1, -0.05) is 48.5 Å². The Bertz CT molecular complexity index is 1010. The number of hydrogen-bond acceptors (Lipinski definition) is 9. The molecule has 8 nitrogen and oxygen atoms in total. The van der Waals surface area contributed by atoms with E-state index in [2.05, 4.69) is 0 Å². The Morgan fingerprint density at radius 2 is 1.60 bits per heavy atom. The van der Waals surface area contributed by atoms with Gasteiger partial charge in [-0.05, 0) is 25.3 Å². The zero-order valence-corrected chi connectivity index (χ0v) is 20.3. The topological polar surface area (TPSA) is 97.4 Å². The van der Waals surface area contributed by atoms with Crippen LogP contribution in [0.5, 0.6) is 0 Å². The monoisotopic (exact) mass is 500 g/mol. The highest BCUT2D eigenvalue weighted by molar-refractivity contribution is 7.99. The molecule has 0 bridgehead atoms. The van der Waals surface area contributed by atoms with E-state index in [9.17, 15) is 14.4 Å². The second-order valence-corrected chi connectivity index (χ2v) is 9.28. The minimum atomic E-state index is -0.951. The fourth-order valence-electron chi connectivity index (χ4n) is 4.03. The molecule has 9 heteroatoms. The van der Waals surface area contributed by atoms with Crippen molar-refractivity contribution in [2.75, 3.05) is 12.9 Å². The quantitative estimate of drug-likeness (QED) is 0.503. The van der Waals surface area contributed by atoms with Crippen LogP contribution in [0.4, 0.5) is 0 Å². The maximum atomic E-state index is 12.9. The van der Waals surface area contributed by atoms with Crippen molar-refractivity contribution in [3.05, 3.63) is 71.8 Å². The summed E-state index contributed by atoms with van der Waals surface area (Å²) >= 11 is 1.34. The van der Waals surface area contributed by atoms with E-state index < -0.39 is 48.1 Å². The molecule has 2 aromatic carbocycles. The van der Waals surface area contributed by atoms with E-state index in [4.69, 9.17) is 23.7 Å². The maximum absolute atomic E-state index is 12.9. The first-order valence-corrected chi connectivity index (χ1v) is 12.7. The number of carbonyl (C=O) groups excluding carboxylic acids is 3. The molecule has 35 heavy (non-hydrogen) atoms. The van der Waals surface area contributed by atoms with E-state index >= 15 is 0 Å². The maximum Gasteiger partial charge on any atom is 0.338 e. The zero-order chi connectivity index (χ0) is 24.8. The van der Waals surface area contributed by atoms with Gasteiger partial charge in [0.25, 0.3) is 0 Å². The minimum Gasteiger partial charge on any atom is -0.455 e. The molecule has 2 saturated heterocycles. The summed E-state index contributed by atoms with van der Waals surface area (Å²) in [6.45, 7) is 1.63. The van der Waals surface area contributed by atoms with Crippen LogP contribution in [0, 0.1) is 0 Å². The Morgan fingerprint density at radius 3 is 2.26 bits per heavy atom. The summed E-state index contributed by atoms with van der Waals surface area (Å²) < 4.78 is 30.0. The molecule has 4 rings (SSSR count). The summed E-state index contributed by atoms with van der Waals surface area (Å²) in [4.78, 5) is 37.0. The first-order valence-electron chi connectivity index (χ1n) is 11.4. The highest BCUT2D eigenvalue weighted by atomic mass is 32.2. The average Bonchev–Trinajstić information content (AvgIpc) is 2.89. The molecular formula is C26H28O8S. The number of fused-ring (bicyclic) bond motifs is 1. The molecule has 2 aliphatic heterocycles. The van der Waals surface area contributed by atoms with Crippen LogP contribution >= 0.6 is 11.8 Å². The lowest BCUT2D eigenvalue weighted by Gasteiger charge is -2.48. The normalized spacial score (nSPS) is 27.9. The molecule has 0 aromatic heterocycles. The molecule has 1 unspecified atom stereocenters. The molecule has 0 spiro atoms. The molecular weight excluding hydrogens is 472 g/mol. The number of Topliss-reactive ketones (excluding diaryl/α,β-unsaturated/α-hetero) is 1. The SMILES string of the molecule is CS[C@@H]1O[C@@H]2COC(c3ccccc3)O[C@@H]2[C@H](OC(=O)CCC(C)=O)[C@H]1OC(=O)c1ccccc1. The molecule has 2 heterocycles. The van der Waals surface area contributed by atoms with Gasteiger partial charge in [0.05, 0.1) is 18.6 Å². The van der Waals surface area contributed by atoms with Crippen LogP contribution < -0.4 is 0 Å². The molecule has 0 saturated carbocycles. The van der Waals surface area contributed by atoms with Gasteiger partial charge in [0.1, 0.15) is 23.4 Å². The summed E-state index contributed by atoms with van der Waals surface area (Å²) in [6.07, 6.45) is -2.06. The van der Waals surface area contributed by atoms with Crippen LogP contribution in [0.2, 0.25) is 0 Å². The second kappa shape index (κ2) is 11.8. The van der Waals surface area contributed by atoms with E-state index in [0.717, 1.165) is 5.56 Å². The van der Waals surface area contributed by atoms with E-state index in [1.165, 1.54) is 18.7 Å². The summed E-state index contributed by atoms with van der Waals surface area (Å²) in [7, 11) is 0. The number of benzene rings is 2. The highest BCUT2D eigenvalue weighted by Gasteiger charge is 2.53. The van der Waals surface area contributed by atoms with E-state index in [0.29, 0.717) is 5.56 Å². The minimum absolute atomic E-state index is 0.0627.